The molecule has 0 aliphatic rings. The molecule has 0 spiro atoms. The molecular formula is C15H33NO5. The average molecular weight is 307 g/mol. The summed E-state index contributed by atoms with van der Waals surface area (Å²) in [4.78, 5) is 0. The Labute approximate surface area is 128 Å². The molecule has 0 aromatic carbocycles. The molecule has 128 valence electrons. The second-order valence-corrected chi connectivity index (χ2v) is 5.74. The summed E-state index contributed by atoms with van der Waals surface area (Å²) in [6, 6.07) is 0. The van der Waals surface area contributed by atoms with E-state index in [0.717, 1.165) is 12.8 Å². The maximum atomic E-state index is 9.83. The van der Waals surface area contributed by atoms with Crippen molar-refractivity contribution in [2.75, 3.05) is 39.6 Å². The SMILES string of the molecule is CCCCC(CC)COCC(O)CNC(CO)(CO)CO. The van der Waals surface area contributed by atoms with Crippen LogP contribution in [0.2, 0.25) is 0 Å². The Hall–Kier alpha value is -0.240. The van der Waals surface area contributed by atoms with E-state index in [4.69, 9.17) is 20.1 Å². The maximum Gasteiger partial charge on any atom is 0.0897 e. The molecule has 0 aliphatic heterocycles. The van der Waals surface area contributed by atoms with Gasteiger partial charge in [0.1, 0.15) is 0 Å². The highest BCUT2D eigenvalue weighted by Gasteiger charge is 2.27. The highest BCUT2D eigenvalue weighted by molar-refractivity contribution is 4.87. The van der Waals surface area contributed by atoms with Crippen molar-refractivity contribution in [3.63, 3.8) is 0 Å². The fourth-order valence-corrected chi connectivity index (χ4v) is 1.98. The van der Waals surface area contributed by atoms with Crippen molar-refractivity contribution in [3.8, 4) is 0 Å². The Morgan fingerprint density at radius 1 is 1.05 bits per heavy atom. The highest BCUT2D eigenvalue weighted by Crippen LogP contribution is 2.12. The number of ether oxygens (including phenoxy) is 1. The Balaban J connectivity index is 3.91. The first kappa shape index (κ1) is 20.8. The van der Waals surface area contributed by atoms with Gasteiger partial charge in [0.15, 0.2) is 0 Å². The number of hydrogen-bond donors (Lipinski definition) is 5. The third-order valence-electron chi connectivity index (χ3n) is 3.83. The molecule has 0 fully saturated rings. The van der Waals surface area contributed by atoms with E-state index in [1.807, 2.05) is 0 Å². The minimum absolute atomic E-state index is 0.146. The number of hydrogen-bond acceptors (Lipinski definition) is 6. The first-order valence-electron chi connectivity index (χ1n) is 7.90. The number of nitrogens with one attached hydrogen (secondary N) is 1. The van der Waals surface area contributed by atoms with E-state index in [-0.39, 0.29) is 13.2 Å². The average Bonchev–Trinajstić information content (AvgIpc) is 2.52. The minimum Gasteiger partial charge on any atom is -0.394 e. The summed E-state index contributed by atoms with van der Waals surface area (Å²) in [6.45, 7) is 4.09. The first-order valence-corrected chi connectivity index (χ1v) is 7.90. The van der Waals surface area contributed by atoms with Gasteiger partial charge >= 0.3 is 0 Å². The third kappa shape index (κ3) is 8.70. The maximum absolute atomic E-state index is 9.83. The second-order valence-electron chi connectivity index (χ2n) is 5.74. The predicted octanol–water partition coefficient (Wildman–Crippen LogP) is -0.114. The number of unbranched alkanes of at least 4 members (excludes halogenated alkanes) is 1. The van der Waals surface area contributed by atoms with E-state index >= 15 is 0 Å². The standard InChI is InChI=1S/C15H33NO5/c1-3-5-6-13(4-2)8-21-9-14(20)7-16-15(10-17,11-18)12-19/h13-14,16-20H,3-12H2,1-2H3. The Bertz CT molecular complexity index is 228. The summed E-state index contributed by atoms with van der Waals surface area (Å²) in [7, 11) is 0. The smallest absolute Gasteiger partial charge is 0.0897 e. The number of β-amino-alcohol motifs (C(OH)–C–C–N with tert-alkyl or cyclic N) is 1. The summed E-state index contributed by atoms with van der Waals surface area (Å²) >= 11 is 0. The number of aliphatic hydroxyl groups excluding tert-OH is 4. The van der Waals surface area contributed by atoms with Crippen molar-refractivity contribution in [2.24, 2.45) is 5.92 Å². The van der Waals surface area contributed by atoms with Gasteiger partial charge in [-0.05, 0) is 12.3 Å². The molecule has 21 heavy (non-hydrogen) atoms. The topological polar surface area (TPSA) is 102 Å². The van der Waals surface area contributed by atoms with Gasteiger partial charge in [-0.3, -0.25) is 0 Å². The fourth-order valence-electron chi connectivity index (χ4n) is 1.98. The Morgan fingerprint density at radius 2 is 1.67 bits per heavy atom. The summed E-state index contributed by atoms with van der Waals surface area (Å²) in [6.07, 6.45) is 3.84. The van der Waals surface area contributed by atoms with Crippen molar-refractivity contribution >= 4 is 0 Å². The minimum atomic E-state index is -1.16. The van der Waals surface area contributed by atoms with Crippen LogP contribution in [0.4, 0.5) is 0 Å². The van der Waals surface area contributed by atoms with Gasteiger partial charge in [-0.2, -0.15) is 0 Å². The fraction of sp³-hybridized carbons (Fsp3) is 1.00. The lowest BCUT2D eigenvalue weighted by Crippen LogP contribution is -2.57. The third-order valence-corrected chi connectivity index (χ3v) is 3.83. The van der Waals surface area contributed by atoms with Gasteiger partial charge in [-0.1, -0.05) is 33.1 Å². The van der Waals surface area contributed by atoms with Crippen molar-refractivity contribution in [2.45, 2.75) is 51.2 Å². The molecule has 5 N–H and O–H groups in total. The Morgan fingerprint density at radius 3 is 2.14 bits per heavy atom. The Kier molecular flexibility index (Phi) is 12.2. The molecule has 0 amide bonds. The van der Waals surface area contributed by atoms with Gasteiger partial charge < -0.3 is 30.5 Å². The van der Waals surface area contributed by atoms with Crippen molar-refractivity contribution in [3.05, 3.63) is 0 Å². The number of aliphatic hydroxyl groups is 4. The molecule has 0 saturated carbocycles. The molecule has 6 heteroatoms. The molecule has 0 radical (unpaired) electrons. The molecule has 2 atom stereocenters. The molecule has 0 rings (SSSR count). The zero-order valence-corrected chi connectivity index (χ0v) is 13.4. The highest BCUT2D eigenvalue weighted by atomic mass is 16.5. The van der Waals surface area contributed by atoms with Crippen LogP contribution >= 0.6 is 0 Å². The van der Waals surface area contributed by atoms with Gasteiger partial charge in [0.2, 0.25) is 0 Å². The van der Waals surface area contributed by atoms with E-state index in [1.165, 1.54) is 12.8 Å². The normalized spacial score (nSPS) is 15.1. The van der Waals surface area contributed by atoms with E-state index in [0.29, 0.717) is 12.5 Å². The molecule has 6 nitrogen and oxygen atoms in total. The summed E-state index contributed by atoms with van der Waals surface area (Å²) in [5.74, 6) is 0.525. The van der Waals surface area contributed by atoms with Gasteiger partial charge in [-0.15, -0.1) is 0 Å². The summed E-state index contributed by atoms with van der Waals surface area (Å²) < 4.78 is 5.53. The molecule has 0 heterocycles. The molecule has 0 bridgehead atoms. The zero-order valence-electron chi connectivity index (χ0n) is 13.4. The second kappa shape index (κ2) is 12.3. The zero-order chi connectivity index (χ0) is 16.1. The summed E-state index contributed by atoms with van der Waals surface area (Å²) in [5, 5.41) is 40.1. The quantitative estimate of drug-likeness (QED) is 0.307. The van der Waals surface area contributed by atoms with Crippen LogP contribution in [0.15, 0.2) is 0 Å². The van der Waals surface area contributed by atoms with Gasteiger partial charge in [0.05, 0.1) is 38.1 Å². The molecule has 2 unspecified atom stereocenters. The lowest BCUT2D eigenvalue weighted by atomic mass is 10.0. The monoisotopic (exact) mass is 307 g/mol. The van der Waals surface area contributed by atoms with Crippen LogP contribution in [0.25, 0.3) is 0 Å². The predicted molar refractivity (Wildman–Crippen MR) is 82.1 cm³/mol. The van der Waals surface area contributed by atoms with Crippen LogP contribution in [0.5, 0.6) is 0 Å². The van der Waals surface area contributed by atoms with E-state index in [1.54, 1.807) is 0 Å². The lowest BCUT2D eigenvalue weighted by Gasteiger charge is -2.30. The van der Waals surface area contributed by atoms with Crippen molar-refractivity contribution < 1.29 is 25.2 Å². The molecular weight excluding hydrogens is 274 g/mol. The molecule has 0 aromatic heterocycles. The van der Waals surface area contributed by atoms with Crippen LogP contribution in [0.3, 0.4) is 0 Å². The molecule has 0 aliphatic carbocycles. The first-order chi connectivity index (χ1) is 10.1. The van der Waals surface area contributed by atoms with Crippen LogP contribution in [-0.2, 0) is 4.74 Å². The van der Waals surface area contributed by atoms with E-state index in [2.05, 4.69) is 19.2 Å². The van der Waals surface area contributed by atoms with Crippen LogP contribution in [-0.4, -0.2) is 71.6 Å². The molecule has 0 aromatic rings. The van der Waals surface area contributed by atoms with Gasteiger partial charge in [0.25, 0.3) is 0 Å². The van der Waals surface area contributed by atoms with Gasteiger partial charge in [-0.25, -0.2) is 0 Å². The van der Waals surface area contributed by atoms with Gasteiger partial charge in [0, 0.05) is 13.2 Å². The van der Waals surface area contributed by atoms with E-state index < -0.39 is 31.5 Å². The lowest BCUT2D eigenvalue weighted by molar-refractivity contribution is -0.000154. The molecule has 0 saturated heterocycles. The van der Waals surface area contributed by atoms with E-state index in [9.17, 15) is 5.11 Å². The van der Waals surface area contributed by atoms with Crippen LogP contribution in [0, 0.1) is 5.92 Å². The van der Waals surface area contributed by atoms with Crippen molar-refractivity contribution in [1.82, 2.24) is 5.32 Å². The summed E-state index contributed by atoms with van der Waals surface area (Å²) in [5.41, 5.74) is -1.16. The van der Waals surface area contributed by atoms with Crippen LogP contribution in [0.1, 0.15) is 39.5 Å². The van der Waals surface area contributed by atoms with Crippen LogP contribution < -0.4 is 5.32 Å². The largest absolute Gasteiger partial charge is 0.394 e. The van der Waals surface area contributed by atoms with Crippen molar-refractivity contribution in [1.29, 1.82) is 0 Å². The number of rotatable bonds is 14.